The van der Waals surface area contributed by atoms with Gasteiger partial charge < -0.3 is 70.0 Å². The molecular formula is C80H102F3LiN6O18S3. The number of aryl methyl sites for hydroxylation is 2. The molecule has 3 amide bonds. The van der Waals surface area contributed by atoms with Gasteiger partial charge in [-0.15, -0.1) is 22.7 Å². The molecule has 9 rings (SSSR count). The van der Waals surface area contributed by atoms with Gasteiger partial charge in [-0.1, -0.05) is 141 Å². The zero-order chi connectivity index (χ0) is 81.4. The maximum atomic E-state index is 12.1. The number of phenols is 1. The zero-order valence-corrected chi connectivity index (χ0v) is 66.8. The van der Waals surface area contributed by atoms with Crippen molar-refractivity contribution in [2.24, 2.45) is 0 Å². The van der Waals surface area contributed by atoms with Gasteiger partial charge in [0.1, 0.15) is 52.0 Å². The number of rotatable bonds is 23. The van der Waals surface area contributed by atoms with Gasteiger partial charge in [-0.05, 0) is 114 Å². The minimum Gasteiger partial charge on any atom is -0.508 e. The van der Waals surface area contributed by atoms with Crippen molar-refractivity contribution in [1.82, 2.24) is 15.0 Å². The summed E-state index contributed by atoms with van der Waals surface area (Å²) in [6.45, 7) is 16.7. The van der Waals surface area contributed by atoms with E-state index in [1.165, 1.54) is 48.5 Å². The number of para-hydroxylation sites is 6. The predicted octanol–water partition coefficient (Wildman–Crippen LogP) is 14.1. The molecule has 31 heteroatoms. The Morgan fingerprint density at radius 3 is 1.41 bits per heavy atom. The van der Waals surface area contributed by atoms with Gasteiger partial charge in [0.25, 0.3) is 0 Å². The maximum absolute atomic E-state index is 12.1. The average Bonchev–Trinajstić information content (AvgIpc) is 1.69. The van der Waals surface area contributed by atoms with Crippen molar-refractivity contribution in [3.63, 3.8) is 0 Å². The fourth-order valence-electron chi connectivity index (χ4n) is 8.45. The predicted molar refractivity (Wildman–Crippen MR) is 425 cm³/mol. The molecule has 0 fully saturated rings. The van der Waals surface area contributed by atoms with E-state index in [0.29, 0.717) is 58.6 Å². The van der Waals surface area contributed by atoms with E-state index in [1.807, 2.05) is 142 Å². The minimum atomic E-state index is -4.91. The number of carbonyl (C=O) groups excluding carboxylic acids is 5. The second-order valence-corrected chi connectivity index (χ2v) is 27.2. The zero-order valence-electron chi connectivity index (χ0n) is 64.3. The Morgan fingerprint density at radius 2 is 0.973 bits per heavy atom. The number of phenolic OH excluding ortho intramolecular Hbond substituents is 1. The normalized spacial score (nSPS) is 10.4. The third kappa shape index (κ3) is 43.2. The summed E-state index contributed by atoms with van der Waals surface area (Å²) in [5, 5.41) is 46.1. The van der Waals surface area contributed by atoms with Crippen LogP contribution in [-0.2, 0) is 78.3 Å². The van der Waals surface area contributed by atoms with Gasteiger partial charge in [0.15, 0.2) is 15.4 Å². The van der Waals surface area contributed by atoms with Crippen LogP contribution in [-0.4, -0.2) is 138 Å². The third-order valence-corrected chi connectivity index (χ3v) is 16.2. The van der Waals surface area contributed by atoms with Crippen LogP contribution in [0.15, 0.2) is 170 Å². The number of benzene rings is 6. The standard InChI is InChI=1S/C17H22N2O4S.C14H13F3N2O2S.C10H12O3.C9H12O2.C9H10O2.C8H12N2O2S.C8H8O3.C4H9.CH4.Li/c1-17(2,3)23-16(21)19-15-18-10-14(24-15)12(20)9-11-7-5-6-8-13(11)22-4;1-21-11-5-3-2-4-9(11)6-7-10-8-18-13(22-10)19-12(20)14(15,16)17;1-12-9-6-4-3-5-8(9)7-10(11)13-2;2*1-11-9-5-3-2-4-8(9)6-7-10;1-8(2,3)12-7(11)10-6-9-4-5-13-6;9-7-4-2-1-3-6(7)5-8(10)11;1-3-4-2;;/h5-8,10,12,20H,9H2,1-4H3,(H,18,19,21);2-5,8H,6-7H2,1H3,(H,18,19,20);3-6H,7H2,1-2H3;2-5,10H,6-7H2,1H3;2-5,7H,6H2,1H3;4-5H,1-3H3,(H,9,10,11);1-4,9H,5H2,(H,10,11);1,3-4H2,2H3;1H4;/q;;;;;;;-1;;+1. The number of halogens is 3. The number of anilines is 3. The van der Waals surface area contributed by atoms with E-state index in [-0.39, 0.29) is 62.6 Å². The van der Waals surface area contributed by atoms with E-state index >= 15 is 0 Å². The van der Waals surface area contributed by atoms with Crippen LogP contribution in [0, 0.1) is 6.92 Å². The molecule has 111 heavy (non-hydrogen) atoms. The number of unbranched alkanes of at least 4 members (excludes halogenated alkanes) is 1. The van der Waals surface area contributed by atoms with Crippen LogP contribution in [0.3, 0.4) is 0 Å². The smallest absolute Gasteiger partial charge is 0.508 e. The molecule has 7 N–H and O–H groups in total. The molecule has 1 atom stereocenters. The topological polar surface area (TPSA) is 332 Å². The molecule has 0 saturated heterocycles. The molecule has 9 aromatic rings. The van der Waals surface area contributed by atoms with Crippen LogP contribution in [0.5, 0.6) is 34.5 Å². The summed E-state index contributed by atoms with van der Waals surface area (Å²) < 4.78 is 76.9. The number of ether oxygens (including phenoxy) is 8. The molecule has 3 heterocycles. The fourth-order valence-corrected chi connectivity index (χ4v) is 10.6. The molecule has 3 aromatic heterocycles. The number of methoxy groups -OCH3 is 6. The number of aliphatic hydroxyl groups excluding tert-OH is 2. The number of aldehydes is 1. The Balaban J connectivity index is 0.00000129. The molecule has 1 unspecified atom stereocenters. The first-order chi connectivity index (χ1) is 51.8. The number of aliphatic carboxylic acids is 1. The number of aromatic nitrogens is 3. The number of nitrogens with zero attached hydrogens (tertiary/aromatic N) is 3. The number of aromatic hydroxyl groups is 1. The Kier molecular flexibility index (Phi) is 50.3. The van der Waals surface area contributed by atoms with Crippen molar-refractivity contribution in [3.05, 3.63) is 220 Å². The van der Waals surface area contributed by atoms with E-state index in [4.69, 9.17) is 48.5 Å². The maximum Gasteiger partial charge on any atom is 1.00 e. The summed E-state index contributed by atoms with van der Waals surface area (Å²) in [7, 11) is 9.37. The molecule has 600 valence electrons. The Hall–Kier alpha value is -10.1. The Bertz CT molecular complexity index is 4110. The number of thiazole rings is 3. The number of esters is 1. The van der Waals surface area contributed by atoms with Gasteiger partial charge in [0.2, 0.25) is 0 Å². The first-order valence-electron chi connectivity index (χ1n) is 33.7. The number of amides is 3. The number of carbonyl (C=O) groups is 6. The number of carboxylic acids is 1. The van der Waals surface area contributed by atoms with Crippen molar-refractivity contribution in [3.8, 4) is 34.5 Å². The van der Waals surface area contributed by atoms with E-state index in [9.17, 15) is 47.0 Å². The fraction of sp³-hybridized carbons (Fsp3) is 0.350. The summed E-state index contributed by atoms with van der Waals surface area (Å²) in [5.74, 6) is 0.656. The molecule has 24 nitrogen and oxygen atoms in total. The van der Waals surface area contributed by atoms with E-state index in [2.05, 4.69) is 44.2 Å². The van der Waals surface area contributed by atoms with Gasteiger partial charge in [-0.2, -0.15) is 19.6 Å². The summed E-state index contributed by atoms with van der Waals surface area (Å²) in [4.78, 5) is 78.3. The number of carboxylic acid groups (broad SMARTS) is 1. The number of aliphatic hydroxyl groups is 2. The van der Waals surface area contributed by atoms with Crippen molar-refractivity contribution < 1.29 is 119 Å². The molecule has 0 aliphatic carbocycles. The molecule has 0 bridgehead atoms. The molecule has 0 saturated carbocycles. The Morgan fingerprint density at radius 1 is 0.559 bits per heavy atom. The first kappa shape index (κ1) is 101. The van der Waals surface area contributed by atoms with Gasteiger partial charge in [-0.25, -0.2) is 24.5 Å². The second kappa shape index (κ2) is 55.4. The summed E-state index contributed by atoms with van der Waals surface area (Å²) in [6.07, 6.45) is 3.97. The van der Waals surface area contributed by atoms with E-state index in [1.54, 1.807) is 97.6 Å². The van der Waals surface area contributed by atoms with Gasteiger partial charge in [-0.3, -0.25) is 30.3 Å². The number of nitrogens with one attached hydrogen (secondary N) is 3. The molecule has 0 spiro atoms. The summed E-state index contributed by atoms with van der Waals surface area (Å²) in [6, 6.07) is 44.0. The molecule has 0 aliphatic rings. The summed E-state index contributed by atoms with van der Waals surface area (Å²) in [5.41, 5.74) is 4.13. The van der Waals surface area contributed by atoms with Crippen LogP contribution in [0.2, 0.25) is 0 Å². The molecule has 0 radical (unpaired) electrons. The minimum absolute atomic E-state index is 0. The third-order valence-electron chi connectivity index (χ3n) is 13.5. The van der Waals surface area contributed by atoms with Gasteiger partial charge in [0, 0.05) is 65.0 Å². The van der Waals surface area contributed by atoms with Crippen LogP contribution >= 0.6 is 34.0 Å². The second-order valence-electron chi connectivity index (χ2n) is 24.2. The molecular weight excluding hydrogens is 1490 g/mol. The van der Waals surface area contributed by atoms with Crippen molar-refractivity contribution in [2.45, 2.75) is 137 Å². The van der Waals surface area contributed by atoms with Crippen molar-refractivity contribution in [2.75, 3.05) is 65.2 Å². The Labute approximate surface area is 672 Å². The van der Waals surface area contributed by atoms with Crippen molar-refractivity contribution in [1.29, 1.82) is 0 Å². The number of alkyl halides is 3. The quantitative estimate of drug-likeness (QED) is 0.0103. The van der Waals surface area contributed by atoms with Gasteiger partial charge in [0.05, 0.1) is 66.5 Å². The average molecular weight is 1600 g/mol. The summed E-state index contributed by atoms with van der Waals surface area (Å²) >= 11 is 3.59. The van der Waals surface area contributed by atoms with Crippen LogP contribution in [0.4, 0.5) is 38.2 Å². The molecule has 6 aromatic carbocycles. The van der Waals surface area contributed by atoms with Gasteiger partial charge >= 0.3 is 55.1 Å². The van der Waals surface area contributed by atoms with E-state index in [0.717, 1.165) is 79.7 Å². The van der Waals surface area contributed by atoms with Crippen molar-refractivity contribution >= 4 is 85.7 Å². The van der Waals surface area contributed by atoms with Crippen LogP contribution < -0.4 is 58.5 Å². The first-order valence-corrected chi connectivity index (χ1v) is 36.2. The van der Waals surface area contributed by atoms with Crippen LogP contribution in [0.1, 0.15) is 118 Å². The SMILES string of the molecule is C.CC(C)(C)OC(=O)Nc1nccs1.COC(=O)Cc1ccccc1OC.COc1ccccc1CC(O)c1cnc(NC(=O)OC(C)(C)C)s1.COc1ccccc1CC=O.COc1ccccc1CCO.COc1ccccc1CCc1cnc(NC(=O)C(F)(F)F)s1.O=C(O)Cc1ccccc1O.[CH2-]CCC.[Li+]. The largest absolute Gasteiger partial charge is 1.00 e. The van der Waals surface area contributed by atoms with E-state index < -0.39 is 47.5 Å². The van der Waals surface area contributed by atoms with Crippen LogP contribution in [0.25, 0.3) is 0 Å². The number of hydrogen-bond acceptors (Lipinski definition) is 23. The monoisotopic (exact) mass is 1590 g/mol. The molecule has 0 aliphatic heterocycles. The number of hydrogen-bond donors (Lipinski definition) is 7.